The summed E-state index contributed by atoms with van der Waals surface area (Å²) in [5, 5.41) is 3.41. The Morgan fingerprint density at radius 2 is 1.76 bits per heavy atom. The van der Waals surface area contributed by atoms with Crippen molar-refractivity contribution in [2.45, 2.75) is 63.8 Å². The molecule has 0 heterocycles. The maximum absolute atomic E-state index is 6.14. The van der Waals surface area contributed by atoms with Crippen LogP contribution in [0.2, 0.25) is 0 Å². The van der Waals surface area contributed by atoms with E-state index in [1.54, 1.807) is 14.2 Å². The van der Waals surface area contributed by atoms with E-state index in [-0.39, 0.29) is 5.41 Å². The highest BCUT2D eigenvalue weighted by molar-refractivity contribution is 5.78. The fraction of sp³-hybridized carbons (Fsp3) is 0.650. The standard InChI is InChI=1S/C20H33N3O2/c1-20(2,15-11-12-17(24-3)18(13-15)25-4)14-22-19(21)23-16-9-7-5-6-8-10-16/h11-13,16H,5-10,14H2,1-4H3,(H3,21,22,23). The summed E-state index contributed by atoms with van der Waals surface area (Å²) in [6.07, 6.45) is 7.61. The zero-order valence-corrected chi connectivity index (χ0v) is 16.1. The van der Waals surface area contributed by atoms with Crippen LogP contribution in [0.5, 0.6) is 11.5 Å². The van der Waals surface area contributed by atoms with Gasteiger partial charge in [-0.2, -0.15) is 0 Å². The average Bonchev–Trinajstić information content (AvgIpc) is 2.88. The van der Waals surface area contributed by atoms with E-state index in [9.17, 15) is 0 Å². The van der Waals surface area contributed by atoms with Crippen LogP contribution in [0.3, 0.4) is 0 Å². The Balaban J connectivity index is 2.01. The molecule has 1 aliphatic rings. The summed E-state index contributed by atoms with van der Waals surface area (Å²) in [6, 6.07) is 6.48. The molecule has 0 unspecified atom stereocenters. The SMILES string of the molecule is COc1ccc(C(C)(C)CN=C(N)NC2CCCCCC2)cc1OC. The molecule has 5 heteroatoms. The molecule has 2 rings (SSSR count). The molecule has 0 saturated heterocycles. The lowest BCUT2D eigenvalue weighted by Crippen LogP contribution is -2.40. The average molecular weight is 348 g/mol. The minimum absolute atomic E-state index is 0.144. The number of ether oxygens (including phenoxy) is 2. The van der Waals surface area contributed by atoms with Crippen LogP contribution in [-0.2, 0) is 5.41 Å². The summed E-state index contributed by atoms with van der Waals surface area (Å²) in [4.78, 5) is 4.61. The van der Waals surface area contributed by atoms with Gasteiger partial charge in [0, 0.05) is 11.5 Å². The van der Waals surface area contributed by atoms with Crippen LogP contribution in [0.1, 0.15) is 57.9 Å². The number of nitrogens with one attached hydrogen (secondary N) is 1. The molecule has 1 aromatic carbocycles. The summed E-state index contributed by atoms with van der Waals surface area (Å²) in [5.74, 6) is 2.03. The molecule has 0 radical (unpaired) electrons. The second-order valence-electron chi connectivity index (χ2n) is 7.49. The molecule has 5 nitrogen and oxygen atoms in total. The predicted molar refractivity (Wildman–Crippen MR) is 104 cm³/mol. The van der Waals surface area contributed by atoms with Gasteiger partial charge in [-0.25, -0.2) is 0 Å². The Morgan fingerprint density at radius 3 is 2.36 bits per heavy atom. The molecule has 1 aromatic rings. The van der Waals surface area contributed by atoms with E-state index in [4.69, 9.17) is 15.2 Å². The van der Waals surface area contributed by atoms with Gasteiger partial charge in [0.2, 0.25) is 0 Å². The number of nitrogens with zero attached hydrogens (tertiary/aromatic N) is 1. The van der Waals surface area contributed by atoms with Crippen LogP contribution in [0, 0.1) is 0 Å². The lowest BCUT2D eigenvalue weighted by Gasteiger charge is -2.25. The molecule has 0 bridgehead atoms. The molecule has 3 N–H and O–H groups in total. The fourth-order valence-corrected chi connectivity index (χ4v) is 3.31. The van der Waals surface area contributed by atoms with E-state index in [0.717, 1.165) is 17.1 Å². The zero-order chi connectivity index (χ0) is 18.3. The Hall–Kier alpha value is -1.91. The van der Waals surface area contributed by atoms with Crippen molar-refractivity contribution in [2.24, 2.45) is 10.7 Å². The number of hydrogen-bond acceptors (Lipinski definition) is 3. The van der Waals surface area contributed by atoms with Crippen LogP contribution in [-0.4, -0.2) is 32.8 Å². The van der Waals surface area contributed by atoms with E-state index < -0.39 is 0 Å². The van der Waals surface area contributed by atoms with E-state index >= 15 is 0 Å². The van der Waals surface area contributed by atoms with Crippen molar-refractivity contribution >= 4 is 5.96 Å². The quantitative estimate of drug-likeness (QED) is 0.469. The third-order valence-corrected chi connectivity index (χ3v) is 5.02. The summed E-state index contributed by atoms with van der Waals surface area (Å²) >= 11 is 0. The van der Waals surface area contributed by atoms with Crippen LogP contribution in [0.4, 0.5) is 0 Å². The van der Waals surface area contributed by atoms with E-state index in [1.807, 2.05) is 12.1 Å². The van der Waals surface area contributed by atoms with Crippen LogP contribution >= 0.6 is 0 Å². The molecule has 1 aliphatic carbocycles. The largest absolute Gasteiger partial charge is 0.493 e. The van der Waals surface area contributed by atoms with Crippen molar-refractivity contribution in [1.29, 1.82) is 0 Å². The Labute approximate surface area is 152 Å². The van der Waals surface area contributed by atoms with Crippen molar-refractivity contribution in [3.8, 4) is 11.5 Å². The van der Waals surface area contributed by atoms with Crippen molar-refractivity contribution in [3.63, 3.8) is 0 Å². The van der Waals surface area contributed by atoms with Crippen LogP contribution in [0.25, 0.3) is 0 Å². The number of methoxy groups -OCH3 is 2. The topological polar surface area (TPSA) is 68.9 Å². The van der Waals surface area contributed by atoms with Gasteiger partial charge in [0.05, 0.1) is 20.8 Å². The fourth-order valence-electron chi connectivity index (χ4n) is 3.31. The molecule has 0 spiro atoms. The number of hydrogen-bond donors (Lipinski definition) is 2. The van der Waals surface area contributed by atoms with Gasteiger partial charge in [0.25, 0.3) is 0 Å². The first kappa shape index (κ1) is 19.4. The number of aliphatic imine (C=N–C) groups is 1. The molecule has 0 atom stereocenters. The summed E-state index contributed by atoms with van der Waals surface area (Å²) in [7, 11) is 3.30. The highest BCUT2D eigenvalue weighted by atomic mass is 16.5. The smallest absolute Gasteiger partial charge is 0.188 e. The highest BCUT2D eigenvalue weighted by Crippen LogP contribution is 2.33. The Morgan fingerprint density at radius 1 is 1.12 bits per heavy atom. The van der Waals surface area contributed by atoms with Gasteiger partial charge in [0.1, 0.15) is 0 Å². The second kappa shape index (κ2) is 8.97. The molecule has 140 valence electrons. The lowest BCUT2D eigenvalue weighted by molar-refractivity contribution is 0.353. The van der Waals surface area contributed by atoms with Gasteiger partial charge in [-0.15, -0.1) is 0 Å². The molecule has 0 aromatic heterocycles. The number of guanidine groups is 1. The van der Waals surface area contributed by atoms with Gasteiger partial charge < -0.3 is 20.5 Å². The summed E-state index contributed by atoms with van der Waals surface area (Å²) in [5.41, 5.74) is 7.14. The van der Waals surface area contributed by atoms with Gasteiger partial charge >= 0.3 is 0 Å². The first-order valence-electron chi connectivity index (χ1n) is 9.25. The molecule has 0 amide bonds. The van der Waals surface area contributed by atoms with Gasteiger partial charge in [-0.05, 0) is 30.5 Å². The molecular formula is C20H33N3O2. The number of nitrogens with two attached hydrogens (primary N) is 1. The van der Waals surface area contributed by atoms with Crippen LogP contribution < -0.4 is 20.5 Å². The third-order valence-electron chi connectivity index (χ3n) is 5.02. The predicted octanol–water partition coefficient (Wildman–Crippen LogP) is 3.61. The summed E-state index contributed by atoms with van der Waals surface area (Å²) < 4.78 is 10.7. The maximum atomic E-state index is 6.14. The third kappa shape index (κ3) is 5.55. The van der Waals surface area contributed by atoms with Crippen molar-refractivity contribution in [3.05, 3.63) is 23.8 Å². The first-order chi connectivity index (χ1) is 12.0. The molecule has 25 heavy (non-hydrogen) atoms. The normalized spacial score (nSPS) is 17.0. The minimum Gasteiger partial charge on any atom is -0.493 e. The molecule has 0 aliphatic heterocycles. The monoisotopic (exact) mass is 347 g/mol. The van der Waals surface area contributed by atoms with Crippen LogP contribution in [0.15, 0.2) is 23.2 Å². The maximum Gasteiger partial charge on any atom is 0.188 e. The second-order valence-corrected chi connectivity index (χ2v) is 7.49. The molecule has 1 saturated carbocycles. The van der Waals surface area contributed by atoms with E-state index in [2.05, 4.69) is 30.2 Å². The van der Waals surface area contributed by atoms with Gasteiger partial charge in [-0.1, -0.05) is 45.6 Å². The lowest BCUT2D eigenvalue weighted by atomic mass is 9.84. The highest BCUT2D eigenvalue weighted by Gasteiger charge is 2.22. The number of benzene rings is 1. The van der Waals surface area contributed by atoms with Crippen molar-refractivity contribution in [2.75, 3.05) is 20.8 Å². The summed E-state index contributed by atoms with van der Waals surface area (Å²) in [6.45, 7) is 4.95. The van der Waals surface area contributed by atoms with E-state index in [0.29, 0.717) is 18.5 Å². The minimum atomic E-state index is -0.144. The van der Waals surface area contributed by atoms with E-state index in [1.165, 1.54) is 38.5 Å². The molecular weight excluding hydrogens is 314 g/mol. The zero-order valence-electron chi connectivity index (χ0n) is 16.1. The first-order valence-corrected chi connectivity index (χ1v) is 9.25. The number of rotatable bonds is 6. The molecule has 1 fully saturated rings. The Bertz CT molecular complexity index is 576. The Kier molecular flexibility index (Phi) is 6.97. The van der Waals surface area contributed by atoms with Crippen molar-refractivity contribution in [1.82, 2.24) is 5.32 Å². The van der Waals surface area contributed by atoms with Gasteiger partial charge in [0.15, 0.2) is 17.5 Å². The van der Waals surface area contributed by atoms with Crippen molar-refractivity contribution < 1.29 is 9.47 Å². The van der Waals surface area contributed by atoms with Gasteiger partial charge in [-0.3, -0.25) is 4.99 Å².